The van der Waals surface area contributed by atoms with Crippen molar-refractivity contribution in [3.8, 4) is 0 Å². The molecule has 0 saturated heterocycles. The number of hydrogen-bond donors (Lipinski definition) is 0. The lowest BCUT2D eigenvalue weighted by Gasteiger charge is -2.17. The van der Waals surface area contributed by atoms with Crippen LogP contribution in [-0.4, -0.2) is 0 Å². The molecule has 0 amide bonds. The summed E-state index contributed by atoms with van der Waals surface area (Å²) < 4.78 is 0. The Hall–Kier alpha value is 0. The third kappa shape index (κ3) is 50.4. The lowest BCUT2D eigenvalue weighted by atomic mass is 9.89. The highest BCUT2D eigenvalue weighted by atomic mass is 14.2. The van der Waals surface area contributed by atoms with Crippen molar-refractivity contribution in [1.29, 1.82) is 0 Å². The molecule has 2 unspecified atom stereocenters. The lowest BCUT2D eigenvalue weighted by Crippen LogP contribution is -2.02. The monoisotopic (exact) mass is 814 g/mol. The molecule has 2 atom stereocenters. The number of rotatable bonds is 53. The summed E-state index contributed by atoms with van der Waals surface area (Å²) in [6.45, 7) is 9.49. The minimum atomic E-state index is 0.935. The Balaban J connectivity index is 4.02. The molecule has 1 radical (unpaired) electrons. The van der Waals surface area contributed by atoms with Crippen molar-refractivity contribution in [2.24, 2.45) is 11.8 Å². The molecule has 0 aliphatic rings. The molecule has 0 fully saturated rings. The molecule has 349 valence electrons. The van der Waals surface area contributed by atoms with Gasteiger partial charge in [0, 0.05) is 0 Å². The molecule has 0 heterocycles. The maximum Gasteiger partial charge on any atom is -0.0386 e. The van der Waals surface area contributed by atoms with Crippen molar-refractivity contribution in [2.45, 2.75) is 355 Å². The Bertz CT molecular complexity index is 680. The van der Waals surface area contributed by atoms with Crippen LogP contribution in [0.5, 0.6) is 0 Å². The molecule has 0 aliphatic heterocycles. The highest BCUT2D eigenvalue weighted by Crippen LogP contribution is 2.26. The molecule has 0 aromatic rings. The third-order valence-electron chi connectivity index (χ3n) is 14.1. The van der Waals surface area contributed by atoms with Gasteiger partial charge in [-0.25, -0.2) is 0 Å². The quantitative estimate of drug-likeness (QED) is 0.0537. The third-order valence-corrected chi connectivity index (χ3v) is 14.1. The molecule has 0 aliphatic carbocycles. The van der Waals surface area contributed by atoms with Crippen LogP contribution < -0.4 is 0 Å². The molecule has 0 bridgehead atoms. The van der Waals surface area contributed by atoms with Gasteiger partial charge in [-0.05, 0) is 24.7 Å². The van der Waals surface area contributed by atoms with Gasteiger partial charge >= 0.3 is 0 Å². The zero-order chi connectivity index (χ0) is 41.9. The van der Waals surface area contributed by atoms with Gasteiger partial charge < -0.3 is 0 Å². The molecule has 0 heteroatoms. The Morgan fingerprint density at radius 1 is 0.224 bits per heavy atom. The molecule has 0 aromatic carbocycles. The van der Waals surface area contributed by atoms with E-state index in [4.69, 9.17) is 0 Å². The van der Waals surface area contributed by atoms with Crippen LogP contribution in [0.15, 0.2) is 0 Å². The smallest absolute Gasteiger partial charge is 0.0386 e. The summed E-state index contributed by atoms with van der Waals surface area (Å²) in [5.74, 6) is 1.93. The van der Waals surface area contributed by atoms with Gasteiger partial charge in [0.25, 0.3) is 0 Å². The van der Waals surface area contributed by atoms with Crippen LogP contribution in [0.1, 0.15) is 355 Å². The second-order valence-electron chi connectivity index (χ2n) is 20.3. The first-order valence-corrected chi connectivity index (χ1v) is 28.6. The van der Waals surface area contributed by atoms with Crippen molar-refractivity contribution >= 4 is 0 Å². The topological polar surface area (TPSA) is 0 Å². The fourth-order valence-corrected chi connectivity index (χ4v) is 9.81. The molecule has 58 heavy (non-hydrogen) atoms. The van der Waals surface area contributed by atoms with E-state index < -0.39 is 0 Å². The summed E-state index contributed by atoms with van der Waals surface area (Å²) in [7, 11) is 0. The molecule has 0 rings (SSSR count). The summed E-state index contributed by atoms with van der Waals surface area (Å²) >= 11 is 0. The van der Waals surface area contributed by atoms with E-state index in [0.29, 0.717) is 0 Å². The molecule has 0 spiro atoms. The predicted molar refractivity (Wildman–Crippen MR) is 269 cm³/mol. The van der Waals surface area contributed by atoms with Crippen molar-refractivity contribution in [1.82, 2.24) is 0 Å². The largest absolute Gasteiger partial charge is 0.0654 e. The average Bonchev–Trinajstić information content (AvgIpc) is 3.23. The van der Waals surface area contributed by atoms with Crippen molar-refractivity contribution in [2.75, 3.05) is 0 Å². The van der Waals surface area contributed by atoms with E-state index in [1.54, 1.807) is 0 Å². The number of hydrogen-bond acceptors (Lipinski definition) is 0. The van der Waals surface area contributed by atoms with Gasteiger partial charge in [-0.3, -0.25) is 0 Å². The average molecular weight is 815 g/mol. The van der Waals surface area contributed by atoms with Gasteiger partial charge in [0.1, 0.15) is 0 Å². The van der Waals surface area contributed by atoms with E-state index in [9.17, 15) is 0 Å². The van der Waals surface area contributed by atoms with Crippen LogP contribution in [-0.2, 0) is 0 Å². The van der Waals surface area contributed by atoms with Crippen molar-refractivity contribution in [3.63, 3.8) is 0 Å². The molecule has 0 aromatic heterocycles. The van der Waals surface area contributed by atoms with Crippen LogP contribution >= 0.6 is 0 Å². The van der Waals surface area contributed by atoms with Crippen molar-refractivity contribution < 1.29 is 0 Å². The van der Waals surface area contributed by atoms with Gasteiger partial charge in [0.15, 0.2) is 0 Å². The van der Waals surface area contributed by atoms with E-state index in [1.807, 2.05) is 0 Å². The van der Waals surface area contributed by atoms with Gasteiger partial charge in [-0.2, -0.15) is 0 Å². The normalized spacial score (nSPS) is 12.8. The summed E-state index contributed by atoms with van der Waals surface area (Å²) in [6, 6.07) is 0. The predicted octanol–water partition coefficient (Wildman–Crippen LogP) is 22.4. The second-order valence-corrected chi connectivity index (χ2v) is 20.3. The van der Waals surface area contributed by atoms with Crippen LogP contribution in [0.3, 0.4) is 0 Å². The van der Waals surface area contributed by atoms with E-state index in [0.717, 1.165) is 11.8 Å². The van der Waals surface area contributed by atoms with Gasteiger partial charge in [0.2, 0.25) is 0 Å². The standard InChI is InChI=1S/C58H117/c1-5-8-11-14-17-20-23-26-28-29-30-32-35-38-41-44-50-55-58(54-49-43-40-37-34-31-27-24-21-18-15-12-9-6-2)56-51-46-45-48-53-57(4)52-47-42-39-36-33-25-22-19-16-13-10-7-3/h46,57-58H,5-45,47-56H2,1-4H3. The summed E-state index contributed by atoms with van der Waals surface area (Å²) in [4.78, 5) is 0. The Kier molecular flexibility index (Phi) is 53.1. The second kappa shape index (κ2) is 53.1. The van der Waals surface area contributed by atoms with Gasteiger partial charge in [-0.15, -0.1) is 0 Å². The minimum absolute atomic E-state index is 0.935. The zero-order valence-corrected chi connectivity index (χ0v) is 41.8. The Morgan fingerprint density at radius 3 is 0.724 bits per heavy atom. The first-order valence-electron chi connectivity index (χ1n) is 28.6. The molecule has 0 nitrogen and oxygen atoms in total. The Morgan fingerprint density at radius 2 is 0.448 bits per heavy atom. The summed E-state index contributed by atoms with van der Waals surface area (Å²) in [5.41, 5.74) is 0. The van der Waals surface area contributed by atoms with E-state index >= 15 is 0 Å². The summed E-state index contributed by atoms with van der Waals surface area (Å²) in [6.07, 6.45) is 77.7. The fraction of sp³-hybridized carbons (Fsp3) is 0.983. The maximum absolute atomic E-state index is 2.70. The first-order chi connectivity index (χ1) is 28.7. The highest BCUT2D eigenvalue weighted by molar-refractivity contribution is 4.70. The van der Waals surface area contributed by atoms with Gasteiger partial charge in [0.05, 0.1) is 0 Å². The summed E-state index contributed by atoms with van der Waals surface area (Å²) in [5, 5.41) is 0. The molecule has 0 saturated carbocycles. The zero-order valence-electron chi connectivity index (χ0n) is 41.8. The van der Waals surface area contributed by atoms with Gasteiger partial charge in [-0.1, -0.05) is 349 Å². The fourth-order valence-electron chi connectivity index (χ4n) is 9.81. The van der Waals surface area contributed by atoms with E-state index in [1.165, 1.54) is 327 Å². The first kappa shape index (κ1) is 58.0. The van der Waals surface area contributed by atoms with E-state index in [2.05, 4.69) is 34.1 Å². The molecular formula is C58H117. The lowest BCUT2D eigenvalue weighted by molar-refractivity contribution is 0.376. The number of unbranched alkanes of at least 4 members (excludes halogenated alkanes) is 43. The van der Waals surface area contributed by atoms with Crippen LogP contribution in [0.25, 0.3) is 0 Å². The SMILES string of the molecule is CCCCCCCCCCCCCCCCCCCC(CC[CH]CCCC(C)CCCCCCCCCCCCCC)CCCCCCCCCCCCCCCC. The maximum atomic E-state index is 2.70. The Labute approximate surface area is 372 Å². The minimum Gasteiger partial charge on any atom is -0.0654 e. The van der Waals surface area contributed by atoms with Crippen LogP contribution in [0, 0.1) is 18.3 Å². The van der Waals surface area contributed by atoms with Crippen LogP contribution in [0.4, 0.5) is 0 Å². The molecular weight excluding hydrogens is 697 g/mol. The molecule has 0 N–H and O–H groups in total. The highest BCUT2D eigenvalue weighted by Gasteiger charge is 2.10. The van der Waals surface area contributed by atoms with E-state index in [-0.39, 0.29) is 0 Å². The van der Waals surface area contributed by atoms with Crippen LogP contribution in [0.2, 0.25) is 0 Å². The van der Waals surface area contributed by atoms with Crippen molar-refractivity contribution in [3.05, 3.63) is 6.42 Å².